The Morgan fingerprint density at radius 1 is 1.42 bits per heavy atom. The molecule has 0 aliphatic carbocycles. The SMILES string of the molecule is CC[C@](C)(O)c1cc2n(c(=O)c1COC)Cc1c-2nc2cc(F)c(C)cc2c1/C=N/N. The van der Waals surface area contributed by atoms with E-state index in [-0.39, 0.29) is 24.5 Å². The van der Waals surface area contributed by atoms with Gasteiger partial charge in [-0.3, -0.25) is 4.79 Å². The summed E-state index contributed by atoms with van der Waals surface area (Å²) in [7, 11) is 1.51. The van der Waals surface area contributed by atoms with Crippen molar-refractivity contribution < 1.29 is 14.2 Å². The van der Waals surface area contributed by atoms with Gasteiger partial charge >= 0.3 is 0 Å². The molecule has 0 bridgehead atoms. The largest absolute Gasteiger partial charge is 0.385 e. The summed E-state index contributed by atoms with van der Waals surface area (Å²) in [5, 5.41) is 15.4. The Morgan fingerprint density at radius 2 is 2.16 bits per heavy atom. The van der Waals surface area contributed by atoms with E-state index in [9.17, 15) is 14.3 Å². The number of aliphatic hydroxyl groups is 1. The van der Waals surface area contributed by atoms with Crippen LogP contribution in [0.25, 0.3) is 22.3 Å². The van der Waals surface area contributed by atoms with Crippen molar-refractivity contribution in [2.24, 2.45) is 10.9 Å². The van der Waals surface area contributed by atoms with Gasteiger partial charge in [0.25, 0.3) is 5.56 Å². The van der Waals surface area contributed by atoms with E-state index in [1.165, 1.54) is 19.4 Å². The number of hydrogen-bond acceptors (Lipinski definition) is 6. The highest BCUT2D eigenvalue weighted by Crippen LogP contribution is 2.38. The van der Waals surface area contributed by atoms with Gasteiger partial charge in [0, 0.05) is 35.3 Å². The quantitative estimate of drug-likeness (QED) is 0.291. The third-order valence-corrected chi connectivity index (χ3v) is 6.13. The Morgan fingerprint density at radius 3 is 2.81 bits per heavy atom. The summed E-state index contributed by atoms with van der Waals surface area (Å²) in [6.07, 6.45) is 1.93. The zero-order chi connectivity index (χ0) is 22.5. The van der Waals surface area contributed by atoms with Crippen LogP contribution in [-0.2, 0) is 23.5 Å². The Hall–Kier alpha value is -3.10. The van der Waals surface area contributed by atoms with Crippen molar-refractivity contribution >= 4 is 17.1 Å². The number of nitrogens with two attached hydrogens (primary N) is 1. The molecule has 1 aromatic carbocycles. The average Bonchev–Trinajstić information content (AvgIpc) is 3.10. The Balaban J connectivity index is 2.09. The molecule has 3 N–H and O–H groups in total. The van der Waals surface area contributed by atoms with Crippen LogP contribution in [-0.4, -0.2) is 28.0 Å². The number of ether oxygens (including phenoxy) is 1. The van der Waals surface area contributed by atoms with Crippen LogP contribution < -0.4 is 11.4 Å². The highest BCUT2D eigenvalue weighted by atomic mass is 19.1. The fraction of sp³-hybridized carbons (Fsp3) is 0.348. The molecule has 0 radical (unpaired) electrons. The van der Waals surface area contributed by atoms with Crippen LogP contribution >= 0.6 is 0 Å². The molecule has 162 valence electrons. The number of nitrogens with zero attached hydrogens (tertiary/aromatic N) is 3. The molecule has 1 atom stereocenters. The van der Waals surface area contributed by atoms with Gasteiger partial charge in [-0.05, 0) is 43.5 Å². The van der Waals surface area contributed by atoms with Crippen LogP contribution in [0.4, 0.5) is 4.39 Å². The first-order chi connectivity index (χ1) is 14.7. The number of pyridine rings is 2. The second kappa shape index (κ2) is 7.55. The molecular formula is C23H25FN4O3. The highest BCUT2D eigenvalue weighted by molar-refractivity contribution is 6.02. The zero-order valence-electron chi connectivity index (χ0n) is 18.0. The first-order valence-corrected chi connectivity index (χ1v) is 10.1. The number of hydrazone groups is 1. The van der Waals surface area contributed by atoms with Crippen LogP contribution in [0, 0.1) is 12.7 Å². The van der Waals surface area contributed by atoms with Gasteiger partial charge in [-0.2, -0.15) is 5.10 Å². The van der Waals surface area contributed by atoms with E-state index in [1.807, 2.05) is 6.92 Å². The Labute approximate surface area is 179 Å². The van der Waals surface area contributed by atoms with Crippen LogP contribution in [0.3, 0.4) is 0 Å². The summed E-state index contributed by atoms with van der Waals surface area (Å²) >= 11 is 0. The lowest BCUT2D eigenvalue weighted by Crippen LogP contribution is -2.31. The minimum atomic E-state index is -1.22. The van der Waals surface area contributed by atoms with E-state index >= 15 is 0 Å². The Bertz CT molecular complexity index is 1290. The summed E-state index contributed by atoms with van der Waals surface area (Å²) in [5.74, 6) is 5.10. The molecule has 4 rings (SSSR count). The van der Waals surface area contributed by atoms with Crippen molar-refractivity contribution in [2.45, 2.75) is 45.9 Å². The van der Waals surface area contributed by atoms with Gasteiger partial charge in [-0.25, -0.2) is 9.37 Å². The van der Waals surface area contributed by atoms with Crippen LogP contribution in [0.5, 0.6) is 0 Å². The predicted molar refractivity (Wildman–Crippen MR) is 118 cm³/mol. The van der Waals surface area contributed by atoms with Gasteiger partial charge in [-0.15, -0.1) is 0 Å². The number of rotatable bonds is 5. The molecule has 0 fully saturated rings. The highest BCUT2D eigenvalue weighted by Gasteiger charge is 2.32. The Kier molecular flexibility index (Phi) is 5.15. The number of methoxy groups -OCH3 is 1. The minimum Gasteiger partial charge on any atom is -0.385 e. The predicted octanol–water partition coefficient (Wildman–Crippen LogP) is 2.93. The lowest BCUT2D eigenvalue weighted by molar-refractivity contribution is 0.0495. The van der Waals surface area contributed by atoms with Crippen molar-refractivity contribution in [3.05, 3.63) is 62.2 Å². The second-order valence-electron chi connectivity index (χ2n) is 8.12. The molecule has 2 aromatic heterocycles. The summed E-state index contributed by atoms with van der Waals surface area (Å²) < 4.78 is 21.1. The smallest absolute Gasteiger partial charge is 0.257 e. The fourth-order valence-corrected chi connectivity index (χ4v) is 4.21. The summed E-state index contributed by atoms with van der Waals surface area (Å²) in [6, 6.07) is 4.88. The van der Waals surface area contributed by atoms with Crippen LogP contribution in [0.1, 0.15) is 48.1 Å². The summed E-state index contributed by atoms with van der Waals surface area (Å²) in [5.41, 5.74) is 2.99. The molecule has 0 amide bonds. The maximum absolute atomic E-state index is 14.3. The number of fused-ring (bicyclic) bond motifs is 4. The number of hydrogen-bond donors (Lipinski definition) is 2. The fourth-order valence-electron chi connectivity index (χ4n) is 4.21. The lowest BCUT2D eigenvalue weighted by atomic mass is 9.89. The molecule has 0 saturated heterocycles. The number of benzene rings is 1. The van der Waals surface area contributed by atoms with Gasteiger partial charge < -0.3 is 20.3 Å². The summed E-state index contributed by atoms with van der Waals surface area (Å²) in [6.45, 7) is 5.56. The molecule has 3 heterocycles. The van der Waals surface area contributed by atoms with E-state index in [0.29, 0.717) is 51.0 Å². The maximum Gasteiger partial charge on any atom is 0.257 e. The monoisotopic (exact) mass is 424 g/mol. The van der Waals surface area contributed by atoms with Crippen LogP contribution in [0.15, 0.2) is 28.1 Å². The van der Waals surface area contributed by atoms with Gasteiger partial charge in [-0.1, -0.05) is 6.92 Å². The molecule has 1 aliphatic rings. The minimum absolute atomic E-state index is 0.0812. The third kappa shape index (κ3) is 3.23. The van der Waals surface area contributed by atoms with Crippen molar-refractivity contribution in [1.82, 2.24) is 9.55 Å². The van der Waals surface area contributed by atoms with Crippen LogP contribution in [0.2, 0.25) is 0 Å². The molecule has 3 aromatic rings. The molecule has 0 saturated carbocycles. The van der Waals surface area contributed by atoms with Gasteiger partial charge in [0.15, 0.2) is 0 Å². The average molecular weight is 424 g/mol. The van der Waals surface area contributed by atoms with E-state index in [2.05, 4.69) is 5.10 Å². The molecule has 8 heteroatoms. The number of aryl methyl sites for hydroxylation is 1. The third-order valence-electron chi connectivity index (χ3n) is 6.13. The maximum atomic E-state index is 14.3. The lowest BCUT2D eigenvalue weighted by Gasteiger charge is -2.25. The molecular weight excluding hydrogens is 399 g/mol. The van der Waals surface area contributed by atoms with Crippen molar-refractivity contribution in [3.63, 3.8) is 0 Å². The zero-order valence-corrected chi connectivity index (χ0v) is 18.0. The molecule has 0 unspecified atom stereocenters. The molecule has 31 heavy (non-hydrogen) atoms. The first kappa shape index (κ1) is 21.1. The second-order valence-corrected chi connectivity index (χ2v) is 8.12. The summed E-state index contributed by atoms with van der Waals surface area (Å²) in [4.78, 5) is 18.1. The van der Waals surface area contributed by atoms with E-state index in [4.69, 9.17) is 15.6 Å². The topological polar surface area (TPSA) is 103 Å². The molecule has 0 spiro atoms. The van der Waals surface area contributed by atoms with Gasteiger partial charge in [0.1, 0.15) is 5.82 Å². The number of aromatic nitrogens is 2. The first-order valence-electron chi connectivity index (χ1n) is 10.1. The van der Waals surface area contributed by atoms with Crippen molar-refractivity contribution in [1.29, 1.82) is 0 Å². The van der Waals surface area contributed by atoms with Gasteiger partial charge in [0.2, 0.25) is 0 Å². The van der Waals surface area contributed by atoms with Crippen molar-refractivity contribution in [3.8, 4) is 11.4 Å². The number of halogens is 1. The van der Waals surface area contributed by atoms with Gasteiger partial charge in [0.05, 0.1) is 41.9 Å². The standard InChI is InChI=1S/C23H25FN4O3/c1-5-23(3,30)17-7-20-21-15(10-28(20)22(29)16(17)11-31-4)14(9-26-25)13-6-12(2)18(24)8-19(13)27-21/h6-9,30H,5,10-11,25H2,1-4H3/b26-9+/t23-/m0/s1. The molecule has 7 nitrogen and oxygen atoms in total. The van der Waals surface area contributed by atoms with E-state index in [1.54, 1.807) is 30.5 Å². The van der Waals surface area contributed by atoms with Crippen molar-refractivity contribution in [2.75, 3.05) is 7.11 Å². The normalized spacial score (nSPS) is 14.8. The molecule has 1 aliphatic heterocycles. The van der Waals surface area contributed by atoms with E-state index in [0.717, 1.165) is 5.56 Å². The van der Waals surface area contributed by atoms with E-state index < -0.39 is 5.60 Å².